The first-order chi connectivity index (χ1) is 26.3. The van der Waals surface area contributed by atoms with Crippen LogP contribution in [-0.2, 0) is 0 Å². The summed E-state index contributed by atoms with van der Waals surface area (Å²) in [6, 6.07) is 62.9. The topological polar surface area (TPSA) is 41.1 Å². The predicted octanol–water partition coefficient (Wildman–Crippen LogP) is 12.7. The molecule has 1 N–H and O–H groups in total. The smallest absolute Gasteiger partial charge is 0.158 e. The molecule has 0 bridgehead atoms. The van der Waals surface area contributed by atoms with E-state index in [0.29, 0.717) is 0 Å². The van der Waals surface area contributed by atoms with Gasteiger partial charge in [-0.1, -0.05) is 127 Å². The van der Waals surface area contributed by atoms with Crippen molar-refractivity contribution < 1.29 is 0 Å². The van der Waals surface area contributed by atoms with Crippen LogP contribution in [-0.4, -0.2) is 9.97 Å². The predicted molar refractivity (Wildman–Crippen MR) is 220 cm³/mol. The first kappa shape index (κ1) is 30.8. The second-order valence-electron chi connectivity index (χ2n) is 13.6. The Kier molecular flexibility index (Phi) is 7.51. The molecule has 0 spiro atoms. The number of rotatable bonds is 6. The minimum Gasteiger partial charge on any atom is -0.358 e. The molecule has 4 heteroatoms. The summed E-state index contributed by atoms with van der Waals surface area (Å²) < 4.78 is 0. The van der Waals surface area contributed by atoms with E-state index in [1.54, 1.807) is 0 Å². The Hall–Kier alpha value is -7.04. The molecule has 0 saturated heterocycles. The van der Waals surface area contributed by atoms with Gasteiger partial charge >= 0.3 is 0 Å². The molecule has 10 rings (SSSR count). The molecule has 0 aliphatic carbocycles. The van der Waals surface area contributed by atoms with Gasteiger partial charge in [0.1, 0.15) is 6.17 Å². The van der Waals surface area contributed by atoms with E-state index in [1.807, 2.05) is 30.7 Å². The second-order valence-corrected chi connectivity index (χ2v) is 13.6. The summed E-state index contributed by atoms with van der Waals surface area (Å²) in [6.07, 6.45) is 5.63. The van der Waals surface area contributed by atoms with Crippen molar-refractivity contribution in [1.82, 2.24) is 9.97 Å². The quantitative estimate of drug-likeness (QED) is 0.178. The van der Waals surface area contributed by atoms with Gasteiger partial charge in [0.2, 0.25) is 0 Å². The van der Waals surface area contributed by atoms with Crippen molar-refractivity contribution >= 4 is 38.7 Å². The van der Waals surface area contributed by atoms with E-state index >= 15 is 0 Å². The van der Waals surface area contributed by atoms with Crippen LogP contribution in [0.1, 0.15) is 11.7 Å². The number of benzene rings is 7. The zero-order valence-corrected chi connectivity index (χ0v) is 28.9. The maximum atomic E-state index is 5.01. The summed E-state index contributed by atoms with van der Waals surface area (Å²) in [7, 11) is 0. The highest BCUT2D eigenvalue weighted by Gasteiger charge is 2.33. The lowest BCUT2D eigenvalue weighted by atomic mass is 9.89. The van der Waals surface area contributed by atoms with Crippen LogP contribution < -0.4 is 10.2 Å². The van der Waals surface area contributed by atoms with Crippen molar-refractivity contribution in [2.75, 3.05) is 10.2 Å². The summed E-state index contributed by atoms with van der Waals surface area (Å²) in [5.74, 6) is 0.918. The molecular weight excluding hydrogens is 645 g/mol. The number of para-hydroxylation sites is 1. The van der Waals surface area contributed by atoms with Gasteiger partial charge in [0.25, 0.3) is 0 Å². The summed E-state index contributed by atoms with van der Waals surface area (Å²) in [4.78, 5) is 11.8. The third-order valence-corrected chi connectivity index (χ3v) is 10.4. The fourth-order valence-corrected chi connectivity index (χ4v) is 7.77. The van der Waals surface area contributed by atoms with Gasteiger partial charge in [0.05, 0.1) is 5.69 Å². The maximum Gasteiger partial charge on any atom is 0.158 e. The molecule has 3 heterocycles. The van der Waals surface area contributed by atoms with Gasteiger partial charge in [0.15, 0.2) is 5.82 Å². The third-order valence-electron chi connectivity index (χ3n) is 10.4. The van der Waals surface area contributed by atoms with Crippen molar-refractivity contribution in [3.05, 3.63) is 200 Å². The summed E-state index contributed by atoms with van der Waals surface area (Å²) in [5.41, 5.74) is 12.4. The monoisotopic (exact) mass is 678 g/mol. The average Bonchev–Trinajstić information content (AvgIpc) is 3.63. The molecule has 0 saturated carbocycles. The van der Waals surface area contributed by atoms with Gasteiger partial charge in [-0.15, -0.1) is 0 Å². The minimum atomic E-state index is -0.124. The molecule has 1 aliphatic heterocycles. The third kappa shape index (κ3) is 5.58. The van der Waals surface area contributed by atoms with E-state index in [9.17, 15) is 0 Å². The van der Waals surface area contributed by atoms with E-state index in [4.69, 9.17) is 4.98 Å². The van der Waals surface area contributed by atoms with E-state index < -0.39 is 0 Å². The van der Waals surface area contributed by atoms with Gasteiger partial charge in [-0.3, -0.25) is 9.88 Å². The Bertz CT molecular complexity index is 2750. The lowest BCUT2D eigenvalue weighted by Gasteiger charge is -2.26. The molecule has 1 unspecified atom stereocenters. The Labute approximate surface area is 308 Å². The van der Waals surface area contributed by atoms with Gasteiger partial charge in [-0.05, 0) is 109 Å². The molecule has 1 atom stereocenters. The largest absolute Gasteiger partial charge is 0.358 e. The maximum absolute atomic E-state index is 5.01. The fraction of sp³-hybridized carbons (Fsp3) is 0.0204. The number of anilines is 3. The van der Waals surface area contributed by atoms with Crippen LogP contribution in [0.15, 0.2) is 195 Å². The van der Waals surface area contributed by atoms with Crippen LogP contribution in [0.5, 0.6) is 0 Å². The molecular formula is C49H34N4. The zero-order chi connectivity index (χ0) is 35.1. The molecule has 9 aromatic rings. The number of nitrogens with one attached hydrogen (secondary N) is 1. The molecule has 2 aromatic heterocycles. The van der Waals surface area contributed by atoms with Crippen LogP contribution >= 0.6 is 0 Å². The minimum absolute atomic E-state index is 0.124. The van der Waals surface area contributed by atoms with Crippen LogP contribution in [0, 0.1) is 0 Å². The van der Waals surface area contributed by atoms with Crippen LogP contribution in [0.2, 0.25) is 0 Å². The van der Waals surface area contributed by atoms with Gasteiger partial charge in [-0.2, -0.15) is 0 Å². The highest BCUT2D eigenvalue weighted by atomic mass is 15.4. The number of hydrogen-bond acceptors (Lipinski definition) is 4. The van der Waals surface area contributed by atoms with Crippen molar-refractivity contribution in [3.63, 3.8) is 0 Å². The van der Waals surface area contributed by atoms with Gasteiger partial charge in [0, 0.05) is 35.4 Å². The van der Waals surface area contributed by atoms with Crippen LogP contribution in [0.4, 0.5) is 17.2 Å². The second kappa shape index (κ2) is 12.9. The van der Waals surface area contributed by atoms with E-state index in [-0.39, 0.29) is 6.17 Å². The summed E-state index contributed by atoms with van der Waals surface area (Å²) in [5, 5.41) is 8.82. The first-order valence-electron chi connectivity index (χ1n) is 18.0. The lowest BCUT2D eigenvalue weighted by molar-refractivity contribution is 0.820. The Balaban J connectivity index is 1.07. The Morgan fingerprint density at radius 1 is 0.453 bits per heavy atom. The molecule has 7 aromatic carbocycles. The molecule has 1 aliphatic rings. The molecule has 0 radical (unpaired) electrons. The first-order valence-corrected chi connectivity index (χ1v) is 18.0. The molecule has 250 valence electrons. The number of aromatic nitrogens is 2. The lowest BCUT2D eigenvalue weighted by Crippen LogP contribution is -2.23. The van der Waals surface area contributed by atoms with Gasteiger partial charge < -0.3 is 5.32 Å². The standard InChI is InChI=1S/C49H34N4/c1-3-12-33(13-4-1)41-30-47-49(51-32-41)53(42-16-5-2-6-17-42)48(52-47)35-23-21-34(22-24-35)38-26-39(37-15-11-25-50-31-37)28-40(27-38)46-29-36-14-7-8-18-43(36)44-19-9-10-20-45(44)46/h1-32,48,52H. The normalized spacial score (nSPS) is 13.6. The summed E-state index contributed by atoms with van der Waals surface area (Å²) >= 11 is 0. The SMILES string of the molecule is c1ccc(-c2cnc3c(c2)NC(c2ccc(-c4cc(-c5cccnc5)cc(-c5cc6ccccc6c6ccccc56)c4)cc2)N3c2ccccc2)cc1. The fourth-order valence-electron chi connectivity index (χ4n) is 7.77. The average molecular weight is 679 g/mol. The van der Waals surface area contributed by atoms with Crippen molar-refractivity contribution in [2.45, 2.75) is 6.17 Å². The summed E-state index contributed by atoms with van der Waals surface area (Å²) in [6.45, 7) is 0. The van der Waals surface area contributed by atoms with Crippen molar-refractivity contribution in [1.29, 1.82) is 0 Å². The van der Waals surface area contributed by atoms with Crippen molar-refractivity contribution in [2.24, 2.45) is 0 Å². The van der Waals surface area contributed by atoms with Crippen LogP contribution in [0.25, 0.3) is 66.1 Å². The Morgan fingerprint density at radius 3 is 1.87 bits per heavy atom. The highest BCUT2D eigenvalue weighted by Crippen LogP contribution is 2.46. The Morgan fingerprint density at radius 2 is 1.09 bits per heavy atom. The number of hydrogen-bond donors (Lipinski definition) is 1. The van der Waals surface area contributed by atoms with E-state index in [2.05, 4.69) is 179 Å². The number of fused-ring (bicyclic) bond motifs is 4. The molecule has 0 amide bonds. The molecule has 4 nitrogen and oxygen atoms in total. The number of pyridine rings is 2. The highest BCUT2D eigenvalue weighted by molar-refractivity contribution is 6.14. The molecule has 0 fully saturated rings. The molecule has 53 heavy (non-hydrogen) atoms. The number of nitrogens with zero attached hydrogens (tertiary/aromatic N) is 3. The van der Waals surface area contributed by atoms with Crippen LogP contribution in [0.3, 0.4) is 0 Å². The zero-order valence-electron chi connectivity index (χ0n) is 28.9. The van der Waals surface area contributed by atoms with E-state index in [1.165, 1.54) is 32.7 Å². The van der Waals surface area contributed by atoms with Gasteiger partial charge in [-0.25, -0.2) is 4.98 Å². The van der Waals surface area contributed by atoms with Crippen molar-refractivity contribution in [3.8, 4) is 44.5 Å². The van der Waals surface area contributed by atoms with E-state index in [0.717, 1.165) is 56.1 Å².